The van der Waals surface area contributed by atoms with Gasteiger partial charge in [0.15, 0.2) is 5.12 Å². The summed E-state index contributed by atoms with van der Waals surface area (Å²) in [5.74, 6) is -3.47. The third-order valence-corrected chi connectivity index (χ3v) is 2.49. The maximum atomic E-state index is 12.6. The first-order chi connectivity index (χ1) is 6.37. The zero-order chi connectivity index (χ0) is 11.2. The topological polar surface area (TPSA) is 17.1 Å². The Labute approximate surface area is 84.2 Å². The van der Waals surface area contributed by atoms with Crippen LogP contribution in [0.4, 0.5) is 17.6 Å². The molecule has 0 amide bonds. The van der Waals surface area contributed by atoms with Gasteiger partial charge in [-0.05, 0) is 0 Å². The molecular weight excluding hydrogens is 220 g/mol. The van der Waals surface area contributed by atoms with Gasteiger partial charge in [-0.1, -0.05) is 18.7 Å². The average molecular weight is 232 g/mol. The van der Waals surface area contributed by atoms with E-state index in [-0.39, 0.29) is 17.3 Å². The standard InChI is InChI=1S/C8H12F4OS/c1-2-7(13)14-4-3-8(11,12)5-6(9)10/h6H,2-5H2,1H3. The Bertz CT molecular complexity index is 184. The minimum atomic E-state index is -3.37. The normalized spacial score (nSPS) is 12.1. The van der Waals surface area contributed by atoms with Crippen molar-refractivity contribution in [2.75, 3.05) is 5.75 Å². The lowest BCUT2D eigenvalue weighted by atomic mass is 10.2. The zero-order valence-electron chi connectivity index (χ0n) is 7.73. The third kappa shape index (κ3) is 7.17. The van der Waals surface area contributed by atoms with Gasteiger partial charge in [-0.3, -0.25) is 4.79 Å². The van der Waals surface area contributed by atoms with Crippen molar-refractivity contribution in [1.82, 2.24) is 0 Å². The Morgan fingerprint density at radius 3 is 2.43 bits per heavy atom. The van der Waals surface area contributed by atoms with Crippen LogP contribution in [0, 0.1) is 0 Å². The summed E-state index contributed by atoms with van der Waals surface area (Å²) in [6.45, 7) is 1.62. The highest BCUT2D eigenvalue weighted by molar-refractivity contribution is 8.13. The van der Waals surface area contributed by atoms with Gasteiger partial charge in [0.25, 0.3) is 5.92 Å². The molecule has 0 rings (SSSR count). The van der Waals surface area contributed by atoms with Crippen LogP contribution in [0.1, 0.15) is 26.2 Å². The largest absolute Gasteiger partial charge is 0.287 e. The van der Waals surface area contributed by atoms with E-state index < -0.39 is 25.2 Å². The van der Waals surface area contributed by atoms with Crippen LogP contribution < -0.4 is 0 Å². The second-order valence-electron chi connectivity index (χ2n) is 2.78. The molecular formula is C8H12F4OS. The number of hydrogen-bond acceptors (Lipinski definition) is 2. The summed E-state index contributed by atoms with van der Waals surface area (Å²) in [6, 6.07) is 0. The minimum Gasteiger partial charge on any atom is -0.287 e. The maximum Gasteiger partial charge on any atom is 0.254 e. The second kappa shape index (κ2) is 6.27. The molecule has 0 aliphatic rings. The summed E-state index contributed by atoms with van der Waals surface area (Å²) in [6.07, 6.45) is -4.83. The lowest BCUT2D eigenvalue weighted by Crippen LogP contribution is -2.21. The number of carbonyl (C=O) groups is 1. The van der Waals surface area contributed by atoms with Crippen LogP contribution in [0.15, 0.2) is 0 Å². The molecule has 1 nitrogen and oxygen atoms in total. The Balaban J connectivity index is 3.70. The lowest BCUT2D eigenvalue weighted by Gasteiger charge is -2.14. The summed E-state index contributed by atoms with van der Waals surface area (Å²) in [7, 11) is 0. The van der Waals surface area contributed by atoms with Crippen molar-refractivity contribution >= 4 is 16.9 Å². The van der Waals surface area contributed by atoms with Gasteiger partial charge in [-0.15, -0.1) is 0 Å². The molecule has 0 spiro atoms. The fraction of sp³-hybridized carbons (Fsp3) is 0.875. The van der Waals surface area contributed by atoms with E-state index in [4.69, 9.17) is 0 Å². The molecule has 84 valence electrons. The first kappa shape index (κ1) is 13.7. The number of hydrogen-bond donors (Lipinski definition) is 0. The highest BCUT2D eigenvalue weighted by Gasteiger charge is 2.32. The molecule has 0 atom stereocenters. The van der Waals surface area contributed by atoms with E-state index >= 15 is 0 Å². The molecule has 14 heavy (non-hydrogen) atoms. The first-order valence-electron chi connectivity index (χ1n) is 4.19. The van der Waals surface area contributed by atoms with Crippen LogP contribution in [0.3, 0.4) is 0 Å². The van der Waals surface area contributed by atoms with Crippen molar-refractivity contribution in [3.05, 3.63) is 0 Å². The van der Waals surface area contributed by atoms with Gasteiger partial charge in [-0.2, -0.15) is 0 Å². The molecule has 0 heterocycles. The molecule has 0 saturated heterocycles. The molecule has 0 unspecified atom stereocenters. The maximum absolute atomic E-state index is 12.6. The van der Waals surface area contributed by atoms with Gasteiger partial charge in [0.2, 0.25) is 6.43 Å². The van der Waals surface area contributed by atoms with E-state index in [0.29, 0.717) is 0 Å². The molecule has 0 aromatic carbocycles. The zero-order valence-corrected chi connectivity index (χ0v) is 8.55. The molecule has 0 bridgehead atoms. The van der Waals surface area contributed by atoms with Crippen LogP contribution >= 0.6 is 11.8 Å². The smallest absolute Gasteiger partial charge is 0.254 e. The van der Waals surface area contributed by atoms with Gasteiger partial charge in [0.05, 0.1) is 6.42 Å². The van der Waals surface area contributed by atoms with E-state index in [1.54, 1.807) is 6.92 Å². The van der Waals surface area contributed by atoms with Crippen molar-refractivity contribution in [3.8, 4) is 0 Å². The fourth-order valence-corrected chi connectivity index (χ4v) is 1.58. The molecule has 0 aliphatic carbocycles. The highest BCUT2D eigenvalue weighted by Crippen LogP contribution is 2.28. The van der Waals surface area contributed by atoms with E-state index in [1.165, 1.54) is 0 Å². The predicted molar refractivity (Wildman–Crippen MR) is 47.9 cm³/mol. The highest BCUT2D eigenvalue weighted by atomic mass is 32.2. The number of rotatable bonds is 6. The summed E-state index contributed by atoms with van der Waals surface area (Å²) in [5.41, 5.74) is 0. The lowest BCUT2D eigenvalue weighted by molar-refractivity contribution is -0.110. The van der Waals surface area contributed by atoms with Crippen LogP contribution in [-0.4, -0.2) is 23.2 Å². The average Bonchev–Trinajstić information content (AvgIpc) is 2.01. The van der Waals surface area contributed by atoms with E-state index in [2.05, 4.69) is 0 Å². The van der Waals surface area contributed by atoms with Gasteiger partial charge < -0.3 is 0 Å². The van der Waals surface area contributed by atoms with E-state index in [0.717, 1.165) is 11.8 Å². The monoisotopic (exact) mass is 232 g/mol. The van der Waals surface area contributed by atoms with Crippen molar-refractivity contribution < 1.29 is 22.4 Å². The third-order valence-electron chi connectivity index (χ3n) is 1.47. The van der Waals surface area contributed by atoms with Gasteiger partial charge in [-0.25, -0.2) is 17.6 Å². The Hall–Kier alpha value is -0.260. The molecule has 0 aliphatic heterocycles. The Morgan fingerprint density at radius 2 is 2.00 bits per heavy atom. The minimum absolute atomic E-state index is 0.105. The molecule has 0 saturated carbocycles. The molecule has 0 fully saturated rings. The molecule has 0 radical (unpaired) electrons. The van der Waals surface area contributed by atoms with E-state index in [9.17, 15) is 22.4 Å². The van der Waals surface area contributed by atoms with E-state index in [1.807, 2.05) is 0 Å². The Kier molecular flexibility index (Phi) is 6.15. The van der Waals surface area contributed by atoms with Crippen molar-refractivity contribution in [3.63, 3.8) is 0 Å². The van der Waals surface area contributed by atoms with Crippen LogP contribution in [0.25, 0.3) is 0 Å². The van der Waals surface area contributed by atoms with Gasteiger partial charge in [0, 0.05) is 18.6 Å². The predicted octanol–water partition coefficient (Wildman–Crippen LogP) is 3.34. The molecule has 0 aromatic heterocycles. The SMILES string of the molecule is CCC(=O)SCCC(F)(F)CC(F)F. The van der Waals surface area contributed by atoms with Crippen molar-refractivity contribution in [2.45, 2.75) is 38.5 Å². The summed E-state index contributed by atoms with van der Waals surface area (Å²) in [4.78, 5) is 10.7. The second-order valence-corrected chi connectivity index (χ2v) is 3.93. The van der Waals surface area contributed by atoms with Gasteiger partial charge in [0.1, 0.15) is 0 Å². The summed E-state index contributed by atoms with van der Waals surface area (Å²) >= 11 is 0.767. The molecule has 0 aromatic rings. The molecule has 0 N–H and O–H groups in total. The van der Waals surface area contributed by atoms with Gasteiger partial charge >= 0.3 is 0 Å². The number of alkyl halides is 4. The van der Waals surface area contributed by atoms with Crippen LogP contribution in [-0.2, 0) is 4.79 Å². The van der Waals surface area contributed by atoms with Crippen molar-refractivity contribution in [2.24, 2.45) is 0 Å². The van der Waals surface area contributed by atoms with Crippen molar-refractivity contribution in [1.29, 1.82) is 0 Å². The first-order valence-corrected chi connectivity index (χ1v) is 5.17. The van der Waals surface area contributed by atoms with Crippen LogP contribution in [0.5, 0.6) is 0 Å². The quantitative estimate of drug-likeness (QED) is 0.653. The number of thioether (sulfide) groups is 1. The summed E-state index contributed by atoms with van der Waals surface area (Å²) in [5, 5.41) is -0.196. The Morgan fingerprint density at radius 1 is 1.43 bits per heavy atom. The number of carbonyl (C=O) groups excluding carboxylic acids is 1. The summed E-state index contributed by atoms with van der Waals surface area (Å²) < 4.78 is 48.5. The number of halogens is 4. The molecule has 6 heteroatoms. The fourth-order valence-electron chi connectivity index (χ4n) is 0.744. The van der Waals surface area contributed by atoms with Crippen LogP contribution in [0.2, 0.25) is 0 Å².